The number of rotatable bonds is 3. The van der Waals surface area contributed by atoms with E-state index in [1.807, 2.05) is 40.8 Å². The number of nitrogens with zero attached hydrogens (tertiary/aromatic N) is 3. The van der Waals surface area contributed by atoms with Crippen LogP contribution in [0.25, 0.3) is 27.7 Å². The van der Waals surface area contributed by atoms with Crippen LogP contribution in [-0.4, -0.2) is 28.8 Å². The highest BCUT2D eigenvalue weighted by atomic mass is 16.5. The minimum atomic E-state index is 0.753. The first kappa shape index (κ1) is 13.6. The minimum absolute atomic E-state index is 0.753. The molecule has 0 spiro atoms. The predicted molar refractivity (Wildman–Crippen MR) is 89.0 cm³/mol. The molecule has 0 aliphatic carbocycles. The standard InChI is InChI=1S/C18H15N3O2/c1-22-14-8-9-15(23-2)18-17(14)13(12-6-4-3-5-7-12)10-16-20-19-11-21(16)18/h3-11H,1-2H3. The molecule has 0 unspecified atom stereocenters. The van der Waals surface area contributed by atoms with Crippen LogP contribution in [0.4, 0.5) is 0 Å². The third kappa shape index (κ3) is 2.01. The second-order valence-electron chi connectivity index (χ2n) is 5.18. The molecule has 2 aromatic heterocycles. The Hall–Kier alpha value is -3.08. The van der Waals surface area contributed by atoms with Gasteiger partial charge in [-0.1, -0.05) is 30.3 Å². The molecule has 23 heavy (non-hydrogen) atoms. The maximum atomic E-state index is 5.60. The Kier molecular flexibility index (Phi) is 3.12. The van der Waals surface area contributed by atoms with Crippen LogP contribution in [0.5, 0.6) is 11.5 Å². The van der Waals surface area contributed by atoms with Crippen molar-refractivity contribution in [3.8, 4) is 22.6 Å². The number of hydrogen-bond donors (Lipinski definition) is 0. The van der Waals surface area contributed by atoms with Gasteiger partial charge in [-0.15, -0.1) is 10.2 Å². The Morgan fingerprint density at radius 2 is 1.65 bits per heavy atom. The molecule has 0 atom stereocenters. The molecule has 4 rings (SSSR count). The molecular formula is C18H15N3O2. The Morgan fingerprint density at radius 1 is 0.913 bits per heavy atom. The first-order chi connectivity index (χ1) is 11.3. The molecule has 0 bridgehead atoms. The Morgan fingerprint density at radius 3 is 2.39 bits per heavy atom. The van der Waals surface area contributed by atoms with E-state index < -0.39 is 0 Å². The van der Waals surface area contributed by atoms with Crippen LogP contribution in [0.1, 0.15) is 0 Å². The largest absolute Gasteiger partial charge is 0.496 e. The molecule has 0 amide bonds. The van der Waals surface area contributed by atoms with Gasteiger partial charge in [0.2, 0.25) is 0 Å². The van der Waals surface area contributed by atoms with E-state index in [9.17, 15) is 0 Å². The van der Waals surface area contributed by atoms with Gasteiger partial charge in [0.1, 0.15) is 23.3 Å². The van der Waals surface area contributed by atoms with E-state index in [4.69, 9.17) is 9.47 Å². The van der Waals surface area contributed by atoms with Gasteiger partial charge in [-0.3, -0.25) is 4.40 Å². The van der Waals surface area contributed by atoms with Gasteiger partial charge in [0.15, 0.2) is 5.65 Å². The molecule has 0 aliphatic rings. The highest BCUT2D eigenvalue weighted by molar-refractivity contribution is 6.03. The lowest BCUT2D eigenvalue weighted by Gasteiger charge is -2.15. The van der Waals surface area contributed by atoms with Crippen molar-refractivity contribution in [1.82, 2.24) is 14.6 Å². The van der Waals surface area contributed by atoms with Gasteiger partial charge in [-0.05, 0) is 29.3 Å². The highest BCUT2D eigenvalue weighted by Crippen LogP contribution is 2.40. The zero-order valence-corrected chi connectivity index (χ0v) is 12.9. The van der Waals surface area contributed by atoms with Crippen molar-refractivity contribution in [3.63, 3.8) is 0 Å². The second-order valence-corrected chi connectivity index (χ2v) is 5.18. The van der Waals surface area contributed by atoms with Crippen molar-refractivity contribution in [1.29, 1.82) is 0 Å². The van der Waals surface area contributed by atoms with E-state index in [1.165, 1.54) is 0 Å². The molecule has 114 valence electrons. The SMILES string of the molecule is COc1ccc(OC)c2c1c(-c1ccccc1)cc1nncn12. The summed E-state index contributed by atoms with van der Waals surface area (Å²) in [6.07, 6.45) is 1.69. The first-order valence-corrected chi connectivity index (χ1v) is 7.26. The van der Waals surface area contributed by atoms with E-state index in [-0.39, 0.29) is 0 Å². The minimum Gasteiger partial charge on any atom is -0.496 e. The van der Waals surface area contributed by atoms with Crippen LogP contribution in [0, 0.1) is 0 Å². The summed E-state index contributed by atoms with van der Waals surface area (Å²) < 4.78 is 13.1. The van der Waals surface area contributed by atoms with E-state index in [1.54, 1.807) is 20.5 Å². The molecule has 0 saturated heterocycles. The average molecular weight is 305 g/mol. The maximum Gasteiger partial charge on any atom is 0.161 e. The van der Waals surface area contributed by atoms with Gasteiger partial charge in [0, 0.05) is 0 Å². The summed E-state index contributed by atoms with van der Waals surface area (Å²) in [6, 6.07) is 16.0. The van der Waals surface area contributed by atoms with Crippen LogP contribution in [-0.2, 0) is 0 Å². The topological polar surface area (TPSA) is 48.7 Å². The fourth-order valence-electron chi connectivity index (χ4n) is 2.95. The second kappa shape index (κ2) is 5.28. The Balaban J connectivity index is 2.24. The third-order valence-corrected chi connectivity index (χ3v) is 3.99. The van der Waals surface area contributed by atoms with Crippen molar-refractivity contribution in [2.24, 2.45) is 0 Å². The quantitative estimate of drug-likeness (QED) is 0.580. The monoisotopic (exact) mass is 305 g/mol. The Bertz CT molecular complexity index is 993. The van der Waals surface area contributed by atoms with E-state index >= 15 is 0 Å². The van der Waals surface area contributed by atoms with Crippen molar-refractivity contribution in [2.45, 2.75) is 0 Å². The molecule has 5 heteroatoms. The summed E-state index contributed by atoms with van der Waals surface area (Å²) in [5.41, 5.74) is 3.79. The van der Waals surface area contributed by atoms with Crippen LogP contribution in [0.3, 0.4) is 0 Å². The number of benzene rings is 2. The zero-order valence-electron chi connectivity index (χ0n) is 12.9. The molecule has 5 nitrogen and oxygen atoms in total. The summed E-state index contributed by atoms with van der Waals surface area (Å²) in [4.78, 5) is 0. The average Bonchev–Trinajstić information content (AvgIpc) is 3.09. The zero-order chi connectivity index (χ0) is 15.8. The molecule has 0 N–H and O–H groups in total. The maximum absolute atomic E-state index is 5.60. The summed E-state index contributed by atoms with van der Waals surface area (Å²) in [7, 11) is 3.33. The van der Waals surface area contributed by atoms with Crippen molar-refractivity contribution in [2.75, 3.05) is 14.2 Å². The normalized spacial score (nSPS) is 11.0. The van der Waals surface area contributed by atoms with Gasteiger partial charge in [-0.2, -0.15) is 0 Å². The first-order valence-electron chi connectivity index (χ1n) is 7.26. The van der Waals surface area contributed by atoms with Crippen molar-refractivity contribution < 1.29 is 9.47 Å². The number of hydrogen-bond acceptors (Lipinski definition) is 4. The molecule has 4 aromatic rings. The summed E-state index contributed by atoms with van der Waals surface area (Å²) in [5, 5.41) is 9.21. The van der Waals surface area contributed by atoms with Crippen LogP contribution in [0.15, 0.2) is 54.9 Å². The molecular weight excluding hydrogens is 290 g/mol. The molecule has 0 aliphatic heterocycles. The van der Waals surface area contributed by atoms with Gasteiger partial charge in [-0.25, -0.2) is 0 Å². The summed E-state index contributed by atoms with van der Waals surface area (Å²) >= 11 is 0. The van der Waals surface area contributed by atoms with Crippen LogP contribution < -0.4 is 9.47 Å². The lowest BCUT2D eigenvalue weighted by Crippen LogP contribution is -1.97. The van der Waals surface area contributed by atoms with E-state index in [0.29, 0.717) is 0 Å². The lowest BCUT2D eigenvalue weighted by molar-refractivity contribution is 0.409. The van der Waals surface area contributed by atoms with Crippen LogP contribution in [0.2, 0.25) is 0 Å². The van der Waals surface area contributed by atoms with Gasteiger partial charge >= 0.3 is 0 Å². The van der Waals surface area contributed by atoms with Gasteiger partial charge < -0.3 is 9.47 Å². The van der Waals surface area contributed by atoms with E-state index in [0.717, 1.165) is 39.2 Å². The summed E-state index contributed by atoms with van der Waals surface area (Å²) in [5.74, 6) is 1.54. The molecule has 2 aromatic carbocycles. The molecule has 0 radical (unpaired) electrons. The molecule has 0 fully saturated rings. The number of ether oxygens (including phenoxy) is 2. The molecule has 0 saturated carbocycles. The predicted octanol–water partition coefficient (Wildman–Crippen LogP) is 3.57. The van der Waals surface area contributed by atoms with Gasteiger partial charge in [0.25, 0.3) is 0 Å². The fourth-order valence-corrected chi connectivity index (χ4v) is 2.95. The smallest absolute Gasteiger partial charge is 0.161 e. The van der Waals surface area contributed by atoms with Gasteiger partial charge in [0.05, 0.1) is 19.6 Å². The van der Waals surface area contributed by atoms with Crippen molar-refractivity contribution in [3.05, 3.63) is 54.9 Å². The highest BCUT2D eigenvalue weighted by Gasteiger charge is 2.17. The Labute approximate surface area is 133 Å². The van der Waals surface area contributed by atoms with Crippen LogP contribution >= 0.6 is 0 Å². The third-order valence-electron chi connectivity index (χ3n) is 3.99. The van der Waals surface area contributed by atoms with Crippen molar-refractivity contribution >= 4 is 16.6 Å². The molecule has 2 heterocycles. The lowest BCUT2D eigenvalue weighted by atomic mass is 10.00. The number of aromatic nitrogens is 3. The number of fused-ring (bicyclic) bond motifs is 3. The fraction of sp³-hybridized carbons (Fsp3) is 0.111. The number of methoxy groups -OCH3 is 2. The van der Waals surface area contributed by atoms with E-state index in [2.05, 4.69) is 22.3 Å². The summed E-state index contributed by atoms with van der Waals surface area (Å²) in [6.45, 7) is 0. The number of pyridine rings is 1.